The van der Waals surface area contributed by atoms with Gasteiger partial charge in [-0.05, 0) is 39.3 Å². The third-order valence-electron chi connectivity index (χ3n) is 6.13. The van der Waals surface area contributed by atoms with Crippen molar-refractivity contribution < 1.29 is 14.3 Å². The monoisotopic (exact) mass is 526 g/mol. The first-order chi connectivity index (χ1) is 16.6. The molecule has 4 heterocycles. The standard InChI is InChI=1S/C25H26N4O3S3/c1-15-18(19(30)31)26-20(32-15)23(2)12-34-22(28-23)25(4)14-35-21(29-25)24(3)13-33-17(27-24)11-10-16-8-6-5-7-9-16/h5-11H,12-14H2,1-4H3,(H,30,31)/b11-10+/t23-,24-,25-/m0/s1. The summed E-state index contributed by atoms with van der Waals surface area (Å²) >= 11 is 5.15. The molecule has 0 amide bonds. The summed E-state index contributed by atoms with van der Waals surface area (Å²) in [6.07, 6.45) is 4.17. The van der Waals surface area contributed by atoms with Gasteiger partial charge in [0, 0.05) is 17.3 Å². The van der Waals surface area contributed by atoms with Crippen molar-refractivity contribution in [2.24, 2.45) is 15.0 Å². The van der Waals surface area contributed by atoms with Crippen LogP contribution in [0.2, 0.25) is 0 Å². The van der Waals surface area contributed by atoms with Crippen molar-refractivity contribution in [2.45, 2.75) is 44.3 Å². The van der Waals surface area contributed by atoms with Crippen molar-refractivity contribution in [3.8, 4) is 0 Å². The first-order valence-electron chi connectivity index (χ1n) is 11.2. The Morgan fingerprint density at radius 2 is 1.51 bits per heavy atom. The van der Waals surface area contributed by atoms with E-state index in [2.05, 4.69) is 43.1 Å². The summed E-state index contributed by atoms with van der Waals surface area (Å²) in [5.41, 5.74) is -0.427. The number of hydrogen-bond donors (Lipinski definition) is 1. The van der Waals surface area contributed by atoms with Gasteiger partial charge in [-0.3, -0.25) is 15.0 Å². The predicted molar refractivity (Wildman–Crippen MR) is 148 cm³/mol. The van der Waals surface area contributed by atoms with Crippen LogP contribution in [-0.2, 0) is 5.54 Å². The molecule has 35 heavy (non-hydrogen) atoms. The van der Waals surface area contributed by atoms with E-state index in [1.807, 2.05) is 25.1 Å². The zero-order valence-electron chi connectivity index (χ0n) is 19.9. The molecule has 10 heteroatoms. The van der Waals surface area contributed by atoms with Gasteiger partial charge in [-0.2, -0.15) is 0 Å². The number of aromatic carboxylic acids is 1. The highest BCUT2D eigenvalue weighted by Crippen LogP contribution is 2.46. The highest BCUT2D eigenvalue weighted by molar-refractivity contribution is 8.17. The summed E-state index contributed by atoms with van der Waals surface area (Å²) < 4.78 is 5.71. The number of carbonyl (C=O) groups is 1. The zero-order valence-corrected chi connectivity index (χ0v) is 22.4. The molecule has 0 spiro atoms. The van der Waals surface area contributed by atoms with Gasteiger partial charge in [0.2, 0.25) is 5.89 Å². The second-order valence-electron chi connectivity index (χ2n) is 9.44. The molecule has 5 rings (SSSR count). The lowest BCUT2D eigenvalue weighted by Gasteiger charge is -2.21. The number of oxazole rings is 1. The van der Waals surface area contributed by atoms with E-state index in [4.69, 9.17) is 19.4 Å². The highest BCUT2D eigenvalue weighted by Gasteiger charge is 2.48. The fraction of sp³-hybridized carbons (Fsp3) is 0.400. The number of carboxylic acids is 1. The van der Waals surface area contributed by atoms with Gasteiger partial charge in [-0.25, -0.2) is 9.78 Å². The first-order valence-corrected chi connectivity index (χ1v) is 14.2. The van der Waals surface area contributed by atoms with Crippen LogP contribution in [0.4, 0.5) is 0 Å². The van der Waals surface area contributed by atoms with Crippen LogP contribution < -0.4 is 0 Å². The Kier molecular flexibility index (Phi) is 6.26. The number of carboxylic acid groups (broad SMARTS) is 1. The topological polar surface area (TPSA) is 100 Å². The predicted octanol–water partition coefficient (Wildman–Crippen LogP) is 5.56. The van der Waals surface area contributed by atoms with Crippen LogP contribution in [0, 0.1) is 6.92 Å². The number of aromatic nitrogens is 1. The van der Waals surface area contributed by atoms with Crippen molar-refractivity contribution in [3.05, 3.63) is 59.3 Å². The largest absolute Gasteiger partial charge is 0.476 e. The minimum absolute atomic E-state index is 0.0561. The van der Waals surface area contributed by atoms with Crippen LogP contribution in [0.1, 0.15) is 48.5 Å². The minimum atomic E-state index is -1.09. The van der Waals surface area contributed by atoms with Crippen molar-refractivity contribution in [3.63, 3.8) is 0 Å². The number of thioether (sulfide) groups is 3. The average molecular weight is 527 g/mol. The normalized spacial score (nSPS) is 30.6. The van der Waals surface area contributed by atoms with Crippen molar-refractivity contribution >= 4 is 62.5 Å². The van der Waals surface area contributed by atoms with E-state index in [0.717, 1.165) is 32.2 Å². The van der Waals surface area contributed by atoms with E-state index in [9.17, 15) is 9.90 Å². The van der Waals surface area contributed by atoms with Gasteiger partial charge in [0.1, 0.15) is 22.4 Å². The minimum Gasteiger partial charge on any atom is -0.476 e. The quantitative estimate of drug-likeness (QED) is 0.526. The molecule has 182 valence electrons. The van der Waals surface area contributed by atoms with Gasteiger partial charge in [-0.15, -0.1) is 35.3 Å². The van der Waals surface area contributed by atoms with Gasteiger partial charge < -0.3 is 9.52 Å². The van der Waals surface area contributed by atoms with E-state index in [1.54, 1.807) is 42.2 Å². The summed E-state index contributed by atoms with van der Waals surface area (Å²) in [6.45, 7) is 7.81. The number of aliphatic imine (C=N–C) groups is 3. The maximum atomic E-state index is 11.4. The van der Waals surface area contributed by atoms with Crippen LogP contribution in [0.15, 0.2) is 55.8 Å². The average Bonchev–Trinajstić information content (AvgIpc) is 3.60. The number of nitrogens with zero attached hydrogens (tertiary/aromatic N) is 4. The van der Waals surface area contributed by atoms with Crippen molar-refractivity contribution in [1.82, 2.24) is 4.98 Å². The molecule has 0 unspecified atom stereocenters. The fourth-order valence-corrected chi connectivity index (χ4v) is 7.90. The third-order valence-corrected chi connectivity index (χ3v) is 10.4. The first kappa shape index (κ1) is 24.4. The zero-order chi connectivity index (χ0) is 24.8. The Bertz CT molecular complexity index is 1300. The number of aryl methyl sites for hydroxylation is 1. The van der Waals surface area contributed by atoms with E-state index in [0.29, 0.717) is 17.4 Å². The van der Waals surface area contributed by atoms with E-state index in [1.165, 1.54) is 0 Å². The second-order valence-corrected chi connectivity index (χ2v) is 12.4. The Labute approximate surface area is 217 Å². The summed E-state index contributed by atoms with van der Waals surface area (Å²) in [4.78, 5) is 30.8. The molecule has 3 aliphatic rings. The molecule has 1 aromatic heterocycles. The lowest BCUT2D eigenvalue weighted by molar-refractivity contribution is 0.0689. The summed E-state index contributed by atoms with van der Waals surface area (Å²) in [5.74, 6) is 1.82. The summed E-state index contributed by atoms with van der Waals surface area (Å²) in [5, 5.41) is 12.3. The molecule has 0 saturated carbocycles. The van der Waals surface area contributed by atoms with Crippen LogP contribution in [0.25, 0.3) is 6.08 Å². The molecule has 0 bridgehead atoms. The molecule has 0 fully saturated rings. The highest BCUT2D eigenvalue weighted by atomic mass is 32.2. The molecule has 0 aliphatic carbocycles. The maximum Gasteiger partial charge on any atom is 0.358 e. The molecule has 0 saturated heterocycles. The Morgan fingerprint density at radius 1 is 0.914 bits per heavy atom. The fourth-order valence-electron chi connectivity index (χ4n) is 4.04. The molecule has 1 N–H and O–H groups in total. The molecular formula is C25H26N4O3S3. The summed E-state index contributed by atoms with van der Waals surface area (Å²) in [6, 6.07) is 10.2. The molecule has 1 aromatic carbocycles. The van der Waals surface area contributed by atoms with Gasteiger partial charge in [0.05, 0.1) is 15.1 Å². The van der Waals surface area contributed by atoms with E-state index < -0.39 is 17.0 Å². The molecule has 3 aliphatic heterocycles. The maximum absolute atomic E-state index is 11.4. The number of rotatable bonds is 6. The van der Waals surface area contributed by atoms with Gasteiger partial charge in [-0.1, -0.05) is 36.4 Å². The van der Waals surface area contributed by atoms with Crippen LogP contribution in [0.5, 0.6) is 0 Å². The molecule has 2 aromatic rings. The van der Waals surface area contributed by atoms with Crippen molar-refractivity contribution in [1.29, 1.82) is 0 Å². The van der Waals surface area contributed by atoms with E-state index >= 15 is 0 Å². The second kappa shape index (κ2) is 8.97. The van der Waals surface area contributed by atoms with Gasteiger partial charge in [0.15, 0.2) is 5.69 Å². The number of benzene rings is 1. The summed E-state index contributed by atoms with van der Waals surface area (Å²) in [7, 11) is 0. The smallest absolute Gasteiger partial charge is 0.358 e. The molecular weight excluding hydrogens is 501 g/mol. The Hall–Kier alpha value is -2.30. The lowest BCUT2D eigenvalue weighted by atomic mass is 10.0. The Morgan fingerprint density at radius 3 is 2.17 bits per heavy atom. The van der Waals surface area contributed by atoms with Crippen LogP contribution in [0.3, 0.4) is 0 Å². The van der Waals surface area contributed by atoms with Gasteiger partial charge in [0.25, 0.3) is 0 Å². The van der Waals surface area contributed by atoms with Crippen molar-refractivity contribution in [2.75, 3.05) is 17.3 Å². The molecule has 3 atom stereocenters. The molecule has 0 radical (unpaired) electrons. The number of hydrogen-bond acceptors (Lipinski definition) is 9. The Balaban J connectivity index is 1.37. The lowest BCUT2D eigenvalue weighted by Crippen LogP contribution is -2.33. The van der Waals surface area contributed by atoms with E-state index in [-0.39, 0.29) is 11.2 Å². The van der Waals surface area contributed by atoms with Gasteiger partial charge >= 0.3 is 5.97 Å². The van der Waals surface area contributed by atoms with Crippen LogP contribution in [-0.4, -0.2) is 59.5 Å². The third kappa shape index (κ3) is 4.63. The SMILES string of the molecule is Cc1oc([C@]2(C)CSC([C@]3(C)CSC([C@]4(C)CSC(/C=C/c5ccccc5)=N4)=N3)=N2)nc1C(=O)O. The van der Waals surface area contributed by atoms with Crippen LogP contribution >= 0.6 is 35.3 Å². The molecule has 7 nitrogen and oxygen atoms in total.